The van der Waals surface area contributed by atoms with Crippen LogP contribution < -0.4 is 0 Å². The van der Waals surface area contributed by atoms with E-state index in [9.17, 15) is 25.5 Å². The molecule has 2 aliphatic heterocycles. The fourth-order valence-electron chi connectivity index (χ4n) is 2.63. The van der Waals surface area contributed by atoms with Gasteiger partial charge in [-0.25, -0.2) is 9.98 Å². The molecule has 0 radical (unpaired) electrons. The minimum atomic E-state index is -1.45. The van der Waals surface area contributed by atoms with Crippen molar-refractivity contribution in [1.82, 2.24) is 14.9 Å². The van der Waals surface area contributed by atoms with E-state index in [-0.39, 0.29) is 6.42 Å². The Bertz CT molecular complexity index is 551. The Balaban J connectivity index is 1.84. The van der Waals surface area contributed by atoms with Crippen LogP contribution in [-0.4, -0.2) is 84.0 Å². The van der Waals surface area contributed by atoms with Gasteiger partial charge in [-0.1, -0.05) is 0 Å². The molecule has 6 atom stereocenters. The number of hydrogen-bond donors (Lipinski definition) is 6. The van der Waals surface area contributed by atoms with E-state index in [0.29, 0.717) is 11.5 Å². The number of hydrogen-bond acceptors (Lipinski definition) is 9. The number of H-pyrrole nitrogens is 1. The summed E-state index contributed by atoms with van der Waals surface area (Å²) in [7, 11) is 0. The molecular formula is C12H18N4O6. The van der Waals surface area contributed by atoms with Crippen molar-refractivity contribution in [2.24, 2.45) is 4.99 Å². The summed E-state index contributed by atoms with van der Waals surface area (Å²) in [6, 6.07) is 0. The zero-order chi connectivity index (χ0) is 15.9. The second-order valence-corrected chi connectivity index (χ2v) is 5.30. The molecule has 2 unspecified atom stereocenters. The molecule has 3 rings (SSSR count). The third kappa shape index (κ3) is 2.49. The van der Waals surface area contributed by atoms with Crippen LogP contribution >= 0.6 is 0 Å². The lowest BCUT2D eigenvalue weighted by molar-refractivity contribution is -0.159. The minimum absolute atomic E-state index is 0.0821. The molecule has 10 heteroatoms. The van der Waals surface area contributed by atoms with Gasteiger partial charge in [0.1, 0.15) is 30.2 Å². The minimum Gasteiger partial charge on any atom is -0.394 e. The first-order chi connectivity index (χ1) is 10.5. The Kier molecular flexibility index (Phi) is 4.12. The fraction of sp³-hybridized carbons (Fsp3) is 0.667. The van der Waals surface area contributed by atoms with E-state index in [2.05, 4.69) is 15.0 Å². The quantitative estimate of drug-likeness (QED) is 0.352. The van der Waals surface area contributed by atoms with Crippen molar-refractivity contribution >= 4 is 12.2 Å². The molecule has 0 aliphatic carbocycles. The molecule has 0 amide bonds. The summed E-state index contributed by atoms with van der Waals surface area (Å²) < 4.78 is 5.54. The maximum absolute atomic E-state index is 10.3. The lowest BCUT2D eigenvalue weighted by Crippen LogP contribution is -2.45. The van der Waals surface area contributed by atoms with Gasteiger partial charge in [0.25, 0.3) is 0 Å². The molecule has 122 valence electrons. The van der Waals surface area contributed by atoms with Gasteiger partial charge in [0, 0.05) is 6.42 Å². The zero-order valence-corrected chi connectivity index (χ0v) is 11.5. The number of ether oxygens (including phenoxy) is 1. The molecular weight excluding hydrogens is 296 g/mol. The van der Waals surface area contributed by atoms with Crippen LogP contribution in [0.2, 0.25) is 0 Å². The van der Waals surface area contributed by atoms with Gasteiger partial charge in [0.2, 0.25) is 0 Å². The molecule has 0 aromatic carbocycles. The number of aromatic nitrogens is 2. The van der Waals surface area contributed by atoms with Crippen LogP contribution in [0, 0.1) is 0 Å². The number of aliphatic hydroxyl groups excluding tert-OH is 5. The molecule has 2 aliphatic rings. The van der Waals surface area contributed by atoms with Gasteiger partial charge in [0.15, 0.2) is 12.0 Å². The van der Waals surface area contributed by atoms with Crippen molar-refractivity contribution in [3.05, 3.63) is 12.0 Å². The topological polar surface area (TPSA) is 155 Å². The second kappa shape index (κ2) is 5.91. The monoisotopic (exact) mass is 314 g/mol. The summed E-state index contributed by atoms with van der Waals surface area (Å²) >= 11 is 0. The average molecular weight is 314 g/mol. The van der Waals surface area contributed by atoms with E-state index in [0.717, 1.165) is 0 Å². The van der Waals surface area contributed by atoms with Crippen molar-refractivity contribution < 1.29 is 30.3 Å². The van der Waals surface area contributed by atoms with Crippen LogP contribution in [0.3, 0.4) is 0 Å². The van der Waals surface area contributed by atoms with Crippen molar-refractivity contribution in [2.45, 2.75) is 43.3 Å². The van der Waals surface area contributed by atoms with Crippen molar-refractivity contribution in [2.75, 3.05) is 6.61 Å². The third-order valence-corrected chi connectivity index (χ3v) is 3.91. The zero-order valence-electron chi connectivity index (χ0n) is 11.5. The summed E-state index contributed by atoms with van der Waals surface area (Å²) in [5, 5.41) is 49.3. The van der Waals surface area contributed by atoms with E-state index >= 15 is 0 Å². The number of nitrogens with one attached hydrogen (secondary N) is 1. The first-order valence-electron chi connectivity index (χ1n) is 6.86. The second-order valence-electron chi connectivity index (χ2n) is 5.30. The highest BCUT2D eigenvalue weighted by Crippen LogP contribution is 2.32. The number of aromatic amines is 1. The van der Waals surface area contributed by atoms with Gasteiger partial charge in [0.05, 0.1) is 25.4 Å². The SMILES string of the molecule is OC[C@H]1OC(N2C=Nc3nc[nH]c3C2O)C[C@@H](O)[C@@H](O)[C@@H]1O. The largest absolute Gasteiger partial charge is 0.394 e. The lowest BCUT2D eigenvalue weighted by atomic mass is 10.0. The molecule has 1 fully saturated rings. The Morgan fingerprint density at radius 3 is 2.77 bits per heavy atom. The first kappa shape index (κ1) is 15.3. The number of fused-ring (bicyclic) bond motifs is 1. The van der Waals surface area contributed by atoms with Crippen LogP contribution in [-0.2, 0) is 4.74 Å². The van der Waals surface area contributed by atoms with Crippen LogP contribution in [0.25, 0.3) is 0 Å². The Morgan fingerprint density at radius 2 is 2.05 bits per heavy atom. The highest BCUT2D eigenvalue weighted by Gasteiger charge is 2.42. The van der Waals surface area contributed by atoms with Gasteiger partial charge < -0.3 is 40.2 Å². The molecule has 1 aromatic heterocycles. The number of aliphatic hydroxyl groups is 5. The normalized spacial score (nSPS) is 38.7. The molecule has 1 aromatic rings. The fourth-order valence-corrected chi connectivity index (χ4v) is 2.63. The van der Waals surface area contributed by atoms with E-state index in [1.54, 1.807) is 0 Å². The van der Waals surface area contributed by atoms with E-state index in [1.807, 2.05) is 0 Å². The maximum Gasteiger partial charge on any atom is 0.179 e. The van der Waals surface area contributed by atoms with Gasteiger partial charge in [-0.15, -0.1) is 0 Å². The smallest absolute Gasteiger partial charge is 0.179 e. The number of imidazole rings is 1. The third-order valence-electron chi connectivity index (χ3n) is 3.91. The van der Waals surface area contributed by atoms with Crippen molar-refractivity contribution in [3.8, 4) is 0 Å². The van der Waals surface area contributed by atoms with Crippen molar-refractivity contribution in [3.63, 3.8) is 0 Å². The molecule has 10 nitrogen and oxygen atoms in total. The van der Waals surface area contributed by atoms with Crippen LogP contribution in [0.5, 0.6) is 0 Å². The van der Waals surface area contributed by atoms with Gasteiger partial charge in [-0.2, -0.15) is 0 Å². The summed E-state index contributed by atoms with van der Waals surface area (Å²) in [5.74, 6) is 0.344. The summed E-state index contributed by atoms with van der Waals surface area (Å²) in [5.41, 5.74) is 0.367. The Morgan fingerprint density at radius 1 is 1.27 bits per heavy atom. The first-order valence-corrected chi connectivity index (χ1v) is 6.86. The highest BCUT2D eigenvalue weighted by molar-refractivity contribution is 5.64. The molecule has 1 saturated heterocycles. The van der Waals surface area contributed by atoms with E-state index in [1.165, 1.54) is 17.6 Å². The predicted octanol–water partition coefficient (Wildman–Crippen LogP) is -2.43. The van der Waals surface area contributed by atoms with Gasteiger partial charge in [-0.3, -0.25) is 0 Å². The Hall–Kier alpha value is -1.56. The standard InChI is InChI=1S/C12H18N4O6/c17-2-6-10(20)9(19)5(18)1-7(22-6)16-4-15-11-8(12(16)21)13-3-14-11/h3-7,9-10,12,17-21H,1-2H2,(H,13,14)/t5-,6-,7?,9-,10-,12?/m1/s1. The molecule has 0 bridgehead atoms. The summed E-state index contributed by atoms with van der Waals surface area (Å²) in [6.45, 7) is -0.544. The molecule has 0 saturated carbocycles. The molecule has 0 spiro atoms. The predicted molar refractivity (Wildman–Crippen MR) is 71.9 cm³/mol. The molecule has 3 heterocycles. The van der Waals surface area contributed by atoms with Crippen molar-refractivity contribution in [1.29, 1.82) is 0 Å². The average Bonchev–Trinajstić information content (AvgIpc) is 2.96. The molecule has 22 heavy (non-hydrogen) atoms. The Labute approximate surface area is 125 Å². The van der Waals surface area contributed by atoms with E-state index in [4.69, 9.17) is 4.74 Å². The van der Waals surface area contributed by atoms with Crippen LogP contribution in [0.15, 0.2) is 11.3 Å². The summed E-state index contributed by atoms with van der Waals surface area (Å²) in [4.78, 5) is 12.1. The van der Waals surface area contributed by atoms with Crippen LogP contribution in [0.1, 0.15) is 18.3 Å². The summed E-state index contributed by atoms with van der Waals surface area (Å²) in [6.07, 6.45) is -4.68. The lowest BCUT2D eigenvalue weighted by Gasteiger charge is -2.36. The molecule has 6 N–H and O–H groups in total. The number of aliphatic imine (C=N–C) groups is 1. The highest BCUT2D eigenvalue weighted by atomic mass is 16.5. The van der Waals surface area contributed by atoms with Crippen LogP contribution in [0.4, 0.5) is 5.82 Å². The van der Waals surface area contributed by atoms with E-state index < -0.39 is 43.5 Å². The number of rotatable bonds is 2. The number of nitrogens with zero attached hydrogens (tertiary/aromatic N) is 3. The maximum atomic E-state index is 10.3. The van der Waals surface area contributed by atoms with Gasteiger partial charge >= 0.3 is 0 Å². The van der Waals surface area contributed by atoms with Gasteiger partial charge in [-0.05, 0) is 0 Å².